The molecule has 0 saturated carbocycles. The summed E-state index contributed by atoms with van der Waals surface area (Å²) in [5.74, 6) is 1.41. The molecule has 0 aliphatic heterocycles. The Labute approximate surface area is 143 Å². The number of para-hydroxylation sites is 2. The van der Waals surface area contributed by atoms with E-state index in [-0.39, 0.29) is 11.9 Å². The predicted molar refractivity (Wildman–Crippen MR) is 95.4 cm³/mol. The molecule has 4 nitrogen and oxygen atoms in total. The molecule has 0 heterocycles. The third-order valence-corrected chi connectivity index (χ3v) is 3.66. The van der Waals surface area contributed by atoms with Crippen LogP contribution < -0.4 is 14.8 Å². The Morgan fingerprint density at radius 1 is 1.08 bits per heavy atom. The van der Waals surface area contributed by atoms with Crippen molar-refractivity contribution in [1.29, 1.82) is 0 Å². The molecule has 0 aromatic heterocycles. The number of hydrogen-bond acceptors (Lipinski definition) is 3. The SMILES string of the molecule is CC[C@@H](Oc1ccccc1)C(=O)N[C@H](C)COc1ccccc1C. The largest absolute Gasteiger partial charge is 0.491 e. The van der Waals surface area contributed by atoms with Crippen LogP contribution in [0, 0.1) is 6.92 Å². The molecular weight excluding hydrogens is 302 g/mol. The van der Waals surface area contributed by atoms with Gasteiger partial charge in [-0.1, -0.05) is 43.3 Å². The Morgan fingerprint density at radius 3 is 2.42 bits per heavy atom. The maximum absolute atomic E-state index is 12.4. The fourth-order valence-electron chi connectivity index (χ4n) is 2.30. The van der Waals surface area contributed by atoms with Crippen LogP contribution in [-0.2, 0) is 4.79 Å². The second-order valence-electron chi connectivity index (χ2n) is 5.81. The summed E-state index contributed by atoms with van der Waals surface area (Å²) in [5, 5.41) is 2.95. The highest BCUT2D eigenvalue weighted by Gasteiger charge is 2.20. The van der Waals surface area contributed by atoms with Crippen molar-refractivity contribution >= 4 is 5.91 Å². The molecule has 0 unspecified atom stereocenters. The number of nitrogens with one attached hydrogen (secondary N) is 1. The number of carbonyl (C=O) groups is 1. The molecule has 2 atom stereocenters. The van der Waals surface area contributed by atoms with Crippen LogP contribution in [0.4, 0.5) is 0 Å². The molecule has 24 heavy (non-hydrogen) atoms. The first-order chi connectivity index (χ1) is 11.6. The van der Waals surface area contributed by atoms with E-state index in [1.807, 2.05) is 75.4 Å². The first-order valence-corrected chi connectivity index (χ1v) is 8.30. The van der Waals surface area contributed by atoms with Gasteiger partial charge in [0.2, 0.25) is 0 Å². The zero-order valence-electron chi connectivity index (χ0n) is 14.5. The third kappa shape index (κ3) is 5.30. The van der Waals surface area contributed by atoms with Crippen molar-refractivity contribution in [2.45, 2.75) is 39.3 Å². The summed E-state index contributed by atoms with van der Waals surface area (Å²) in [6, 6.07) is 17.1. The van der Waals surface area contributed by atoms with Crippen molar-refractivity contribution in [3.05, 3.63) is 60.2 Å². The molecule has 2 aromatic carbocycles. The number of benzene rings is 2. The highest BCUT2D eigenvalue weighted by molar-refractivity contribution is 5.81. The topological polar surface area (TPSA) is 47.6 Å². The summed E-state index contributed by atoms with van der Waals surface area (Å²) >= 11 is 0. The van der Waals surface area contributed by atoms with Gasteiger partial charge in [0.05, 0.1) is 6.04 Å². The second-order valence-corrected chi connectivity index (χ2v) is 5.81. The van der Waals surface area contributed by atoms with Crippen LogP contribution in [0.3, 0.4) is 0 Å². The minimum atomic E-state index is -0.506. The van der Waals surface area contributed by atoms with Crippen LogP contribution in [0.5, 0.6) is 11.5 Å². The van der Waals surface area contributed by atoms with Crippen molar-refractivity contribution < 1.29 is 14.3 Å². The highest BCUT2D eigenvalue weighted by Crippen LogP contribution is 2.16. The highest BCUT2D eigenvalue weighted by atomic mass is 16.5. The molecule has 0 bridgehead atoms. The number of carbonyl (C=O) groups excluding carboxylic acids is 1. The number of aryl methyl sites for hydroxylation is 1. The Kier molecular flexibility index (Phi) is 6.67. The van der Waals surface area contributed by atoms with Gasteiger partial charge < -0.3 is 14.8 Å². The van der Waals surface area contributed by atoms with Gasteiger partial charge in [-0.3, -0.25) is 4.79 Å². The quantitative estimate of drug-likeness (QED) is 0.803. The van der Waals surface area contributed by atoms with Crippen LogP contribution in [0.2, 0.25) is 0 Å². The fraction of sp³-hybridized carbons (Fsp3) is 0.350. The first-order valence-electron chi connectivity index (χ1n) is 8.30. The lowest BCUT2D eigenvalue weighted by molar-refractivity contribution is -0.128. The molecule has 0 fully saturated rings. The summed E-state index contributed by atoms with van der Waals surface area (Å²) in [7, 11) is 0. The Balaban J connectivity index is 1.84. The summed E-state index contributed by atoms with van der Waals surface area (Å²) in [6.07, 6.45) is 0.0971. The van der Waals surface area contributed by atoms with E-state index >= 15 is 0 Å². The van der Waals surface area contributed by atoms with Crippen molar-refractivity contribution in [3.63, 3.8) is 0 Å². The van der Waals surface area contributed by atoms with Gasteiger partial charge in [0, 0.05) is 0 Å². The van der Waals surface area contributed by atoms with Crippen LogP contribution >= 0.6 is 0 Å². The summed E-state index contributed by atoms with van der Waals surface area (Å²) in [5.41, 5.74) is 1.08. The average molecular weight is 327 g/mol. The molecule has 1 N–H and O–H groups in total. The molecule has 0 saturated heterocycles. The van der Waals surface area contributed by atoms with Gasteiger partial charge in [0.25, 0.3) is 5.91 Å². The molecule has 0 aliphatic carbocycles. The smallest absolute Gasteiger partial charge is 0.261 e. The van der Waals surface area contributed by atoms with Gasteiger partial charge in [0.15, 0.2) is 6.10 Å². The van der Waals surface area contributed by atoms with E-state index < -0.39 is 6.10 Å². The zero-order valence-corrected chi connectivity index (χ0v) is 14.5. The Morgan fingerprint density at radius 2 is 1.75 bits per heavy atom. The van der Waals surface area contributed by atoms with Gasteiger partial charge in [0.1, 0.15) is 18.1 Å². The van der Waals surface area contributed by atoms with Gasteiger partial charge in [-0.15, -0.1) is 0 Å². The van der Waals surface area contributed by atoms with Gasteiger partial charge in [-0.2, -0.15) is 0 Å². The van der Waals surface area contributed by atoms with Gasteiger partial charge in [-0.25, -0.2) is 0 Å². The van der Waals surface area contributed by atoms with Crippen LogP contribution in [0.1, 0.15) is 25.8 Å². The summed E-state index contributed by atoms with van der Waals surface area (Å²) in [4.78, 5) is 12.4. The zero-order chi connectivity index (χ0) is 17.4. The molecule has 2 rings (SSSR count). The minimum Gasteiger partial charge on any atom is -0.491 e. The normalized spacial score (nSPS) is 13.0. The molecule has 128 valence electrons. The van der Waals surface area contributed by atoms with Crippen LogP contribution in [-0.4, -0.2) is 24.7 Å². The number of ether oxygens (including phenoxy) is 2. The van der Waals surface area contributed by atoms with Crippen molar-refractivity contribution in [2.24, 2.45) is 0 Å². The third-order valence-electron chi connectivity index (χ3n) is 3.66. The van der Waals surface area contributed by atoms with E-state index in [1.165, 1.54) is 0 Å². The fourth-order valence-corrected chi connectivity index (χ4v) is 2.30. The molecule has 0 aliphatic rings. The van der Waals surface area contributed by atoms with E-state index in [9.17, 15) is 4.79 Å². The lowest BCUT2D eigenvalue weighted by atomic mass is 10.2. The number of amides is 1. The Hall–Kier alpha value is -2.49. The van der Waals surface area contributed by atoms with E-state index in [0.717, 1.165) is 11.3 Å². The lowest BCUT2D eigenvalue weighted by Crippen LogP contribution is -2.44. The lowest BCUT2D eigenvalue weighted by Gasteiger charge is -2.21. The minimum absolute atomic E-state index is 0.106. The van der Waals surface area contributed by atoms with E-state index in [2.05, 4.69) is 5.32 Å². The predicted octanol–water partition coefficient (Wildman–Crippen LogP) is 3.74. The molecule has 1 amide bonds. The molecule has 4 heteroatoms. The second kappa shape index (κ2) is 8.96. The summed E-state index contributed by atoms with van der Waals surface area (Å²) in [6.45, 7) is 6.27. The van der Waals surface area contributed by atoms with E-state index in [4.69, 9.17) is 9.47 Å². The first kappa shape index (κ1) is 17.9. The van der Waals surface area contributed by atoms with E-state index in [0.29, 0.717) is 18.8 Å². The monoisotopic (exact) mass is 327 g/mol. The van der Waals surface area contributed by atoms with Crippen molar-refractivity contribution in [1.82, 2.24) is 5.32 Å². The maximum atomic E-state index is 12.4. The number of hydrogen-bond donors (Lipinski definition) is 1. The van der Waals surface area contributed by atoms with Gasteiger partial charge in [-0.05, 0) is 44.0 Å². The molecular formula is C20H25NO3. The summed E-state index contributed by atoms with van der Waals surface area (Å²) < 4.78 is 11.5. The average Bonchev–Trinajstić information content (AvgIpc) is 2.59. The molecule has 0 spiro atoms. The Bertz CT molecular complexity index is 642. The van der Waals surface area contributed by atoms with Crippen molar-refractivity contribution in [3.8, 4) is 11.5 Å². The molecule has 0 radical (unpaired) electrons. The van der Waals surface area contributed by atoms with Crippen LogP contribution in [0.15, 0.2) is 54.6 Å². The molecule has 2 aromatic rings. The van der Waals surface area contributed by atoms with Gasteiger partial charge >= 0.3 is 0 Å². The van der Waals surface area contributed by atoms with Crippen molar-refractivity contribution in [2.75, 3.05) is 6.61 Å². The van der Waals surface area contributed by atoms with E-state index in [1.54, 1.807) is 0 Å². The standard InChI is InChI=1S/C20H25NO3/c1-4-18(24-17-11-6-5-7-12-17)20(22)21-16(3)14-23-19-13-9-8-10-15(19)2/h5-13,16,18H,4,14H2,1-3H3,(H,21,22)/t16-,18-/m1/s1. The van der Waals surface area contributed by atoms with Crippen LogP contribution in [0.25, 0.3) is 0 Å². The maximum Gasteiger partial charge on any atom is 0.261 e. The number of rotatable bonds is 8.